The quantitative estimate of drug-likeness (QED) is 0.867. The molecule has 1 aliphatic heterocycles. The van der Waals surface area contributed by atoms with Gasteiger partial charge in [-0.05, 0) is 56.8 Å². The molecule has 1 saturated carbocycles. The Bertz CT molecular complexity index is 572. The lowest BCUT2D eigenvalue weighted by Crippen LogP contribution is -2.46. The fourth-order valence-electron chi connectivity index (χ4n) is 4.19. The molecule has 24 heavy (non-hydrogen) atoms. The summed E-state index contributed by atoms with van der Waals surface area (Å²) < 4.78 is 13.2. The number of likely N-dealkylation sites (tertiary alicyclic amines) is 1. The van der Waals surface area contributed by atoms with Gasteiger partial charge in [0.05, 0.1) is 5.56 Å². The molecule has 0 radical (unpaired) electrons. The number of nitrogens with zero attached hydrogens (tertiary/aromatic N) is 1. The standard InChI is InChI=1S/C19H27FN2O2/c20-14-8-9-18(23)17(13-14)19(24)21-11-10-16-7-3-4-12-22(16)15-5-1-2-6-15/h8-9,13,15-16,23H,1-7,10-12H2,(H,21,24)/t16-/m1/s1. The van der Waals surface area contributed by atoms with Crippen LogP contribution in [0.15, 0.2) is 18.2 Å². The number of amides is 1. The minimum absolute atomic E-state index is 0.00583. The Labute approximate surface area is 143 Å². The number of piperidine rings is 1. The van der Waals surface area contributed by atoms with Crippen LogP contribution in [0, 0.1) is 5.82 Å². The molecule has 2 N–H and O–H groups in total. The first-order valence-corrected chi connectivity index (χ1v) is 9.17. The van der Waals surface area contributed by atoms with Crippen molar-refractivity contribution in [3.8, 4) is 5.75 Å². The third-order valence-electron chi connectivity index (χ3n) is 5.43. The van der Waals surface area contributed by atoms with E-state index in [1.807, 2.05) is 0 Å². The molecule has 132 valence electrons. The molecule has 0 aromatic heterocycles. The van der Waals surface area contributed by atoms with Crippen molar-refractivity contribution in [2.75, 3.05) is 13.1 Å². The van der Waals surface area contributed by atoms with E-state index in [-0.39, 0.29) is 11.3 Å². The van der Waals surface area contributed by atoms with Gasteiger partial charge in [0.2, 0.25) is 0 Å². The zero-order chi connectivity index (χ0) is 16.9. The second kappa shape index (κ2) is 7.97. The van der Waals surface area contributed by atoms with Crippen LogP contribution in [0.2, 0.25) is 0 Å². The Kier molecular flexibility index (Phi) is 5.72. The van der Waals surface area contributed by atoms with Crippen LogP contribution in [0.1, 0.15) is 61.7 Å². The number of phenols is 1. The van der Waals surface area contributed by atoms with Gasteiger partial charge in [-0.15, -0.1) is 0 Å². The van der Waals surface area contributed by atoms with Gasteiger partial charge in [0.15, 0.2) is 0 Å². The van der Waals surface area contributed by atoms with E-state index in [1.54, 1.807) is 0 Å². The van der Waals surface area contributed by atoms with E-state index in [4.69, 9.17) is 0 Å². The number of halogens is 1. The van der Waals surface area contributed by atoms with Crippen LogP contribution in [-0.2, 0) is 0 Å². The van der Waals surface area contributed by atoms with Gasteiger partial charge < -0.3 is 10.4 Å². The molecule has 0 bridgehead atoms. The van der Waals surface area contributed by atoms with Crippen LogP contribution >= 0.6 is 0 Å². The third kappa shape index (κ3) is 4.07. The number of nitrogens with one attached hydrogen (secondary N) is 1. The van der Waals surface area contributed by atoms with Gasteiger partial charge in [-0.3, -0.25) is 9.69 Å². The Morgan fingerprint density at radius 2 is 1.96 bits per heavy atom. The molecule has 1 heterocycles. The van der Waals surface area contributed by atoms with Crippen LogP contribution in [0.4, 0.5) is 4.39 Å². The maximum Gasteiger partial charge on any atom is 0.255 e. The summed E-state index contributed by atoms with van der Waals surface area (Å²) in [6.45, 7) is 1.73. The van der Waals surface area contributed by atoms with E-state index in [9.17, 15) is 14.3 Å². The number of carbonyl (C=O) groups excluding carboxylic acids is 1. The SMILES string of the molecule is O=C(NCC[C@H]1CCCCN1C1CCCC1)c1cc(F)ccc1O. The maximum atomic E-state index is 13.2. The number of carbonyl (C=O) groups is 1. The summed E-state index contributed by atoms with van der Waals surface area (Å²) in [7, 11) is 0. The normalized spacial score (nSPS) is 22.6. The molecule has 1 aromatic carbocycles. The lowest BCUT2D eigenvalue weighted by Gasteiger charge is -2.40. The van der Waals surface area contributed by atoms with Crippen molar-refractivity contribution in [1.82, 2.24) is 10.2 Å². The fraction of sp³-hybridized carbons (Fsp3) is 0.632. The largest absolute Gasteiger partial charge is 0.507 e. The van der Waals surface area contributed by atoms with Crippen molar-refractivity contribution in [1.29, 1.82) is 0 Å². The van der Waals surface area contributed by atoms with Crippen molar-refractivity contribution in [2.45, 2.75) is 63.5 Å². The molecule has 3 rings (SSSR count). The minimum atomic E-state index is -0.516. The molecule has 4 nitrogen and oxygen atoms in total. The molecule has 1 aromatic rings. The first-order valence-electron chi connectivity index (χ1n) is 9.17. The molecule has 1 aliphatic carbocycles. The molecule has 5 heteroatoms. The van der Waals surface area contributed by atoms with Gasteiger partial charge in [-0.1, -0.05) is 19.3 Å². The van der Waals surface area contributed by atoms with E-state index < -0.39 is 11.7 Å². The maximum absolute atomic E-state index is 13.2. The Morgan fingerprint density at radius 1 is 1.21 bits per heavy atom. The number of hydrogen-bond acceptors (Lipinski definition) is 3. The van der Waals surface area contributed by atoms with Crippen LogP contribution < -0.4 is 5.32 Å². The summed E-state index contributed by atoms with van der Waals surface area (Å²) in [6, 6.07) is 4.69. The monoisotopic (exact) mass is 334 g/mol. The van der Waals surface area contributed by atoms with Gasteiger partial charge in [0, 0.05) is 18.6 Å². The topological polar surface area (TPSA) is 52.6 Å². The molecule has 1 atom stereocenters. The third-order valence-corrected chi connectivity index (χ3v) is 5.43. The number of rotatable bonds is 5. The van der Waals surface area contributed by atoms with Crippen LogP contribution in [-0.4, -0.2) is 41.1 Å². The second-order valence-electron chi connectivity index (χ2n) is 7.03. The van der Waals surface area contributed by atoms with Crippen molar-refractivity contribution in [2.24, 2.45) is 0 Å². The summed E-state index contributed by atoms with van der Waals surface area (Å²) in [6.07, 6.45) is 9.92. The molecular formula is C19H27FN2O2. The van der Waals surface area contributed by atoms with Crippen molar-refractivity contribution in [3.05, 3.63) is 29.6 Å². The molecule has 0 unspecified atom stereocenters. The minimum Gasteiger partial charge on any atom is -0.507 e. The van der Waals surface area contributed by atoms with Crippen molar-refractivity contribution >= 4 is 5.91 Å². The average molecular weight is 334 g/mol. The second-order valence-corrected chi connectivity index (χ2v) is 7.03. The van der Waals surface area contributed by atoms with E-state index in [0.29, 0.717) is 12.6 Å². The highest BCUT2D eigenvalue weighted by Crippen LogP contribution is 2.30. The zero-order valence-electron chi connectivity index (χ0n) is 14.1. The molecule has 1 amide bonds. The zero-order valence-corrected chi connectivity index (χ0v) is 14.1. The van der Waals surface area contributed by atoms with Gasteiger partial charge in [0.25, 0.3) is 5.91 Å². The number of aromatic hydroxyl groups is 1. The molecule has 2 aliphatic rings. The summed E-state index contributed by atoms with van der Waals surface area (Å²) in [5.74, 6) is -1.10. The highest BCUT2D eigenvalue weighted by atomic mass is 19.1. The van der Waals surface area contributed by atoms with Crippen molar-refractivity contribution < 1.29 is 14.3 Å². The first kappa shape index (κ1) is 17.2. The van der Waals surface area contributed by atoms with E-state index in [1.165, 1.54) is 57.6 Å². The summed E-state index contributed by atoms with van der Waals surface area (Å²) >= 11 is 0. The van der Waals surface area contributed by atoms with E-state index in [2.05, 4.69) is 10.2 Å². The Balaban J connectivity index is 1.52. The molecule has 0 spiro atoms. The van der Waals surface area contributed by atoms with Crippen molar-refractivity contribution in [3.63, 3.8) is 0 Å². The highest BCUT2D eigenvalue weighted by molar-refractivity contribution is 5.96. The summed E-state index contributed by atoms with van der Waals surface area (Å²) in [5.41, 5.74) is 0.00583. The van der Waals surface area contributed by atoms with Gasteiger partial charge in [-0.25, -0.2) is 4.39 Å². The molecule has 1 saturated heterocycles. The average Bonchev–Trinajstić information content (AvgIpc) is 3.12. The van der Waals surface area contributed by atoms with E-state index in [0.717, 1.165) is 24.6 Å². The van der Waals surface area contributed by atoms with Crippen LogP contribution in [0.5, 0.6) is 5.75 Å². The van der Waals surface area contributed by atoms with Gasteiger partial charge >= 0.3 is 0 Å². The summed E-state index contributed by atoms with van der Waals surface area (Å²) in [5, 5.41) is 12.5. The van der Waals surface area contributed by atoms with Gasteiger partial charge in [-0.2, -0.15) is 0 Å². The Hall–Kier alpha value is -1.62. The van der Waals surface area contributed by atoms with Crippen LogP contribution in [0.3, 0.4) is 0 Å². The van der Waals surface area contributed by atoms with E-state index >= 15 is 0 Å². The smallest absolute Gasteiger partial charge is 0.255 e. The first-order chi connectivity index (χ1) is 11.6. The lowest BCUT2D eigenvalue weighted by molar-refractivity contribution is 0.0858. The number of phenolic OH excluding ortho intramolecular Hbond substituents is 1. The predicted molar refractivity (Wildman–Crippen MR) is 91.6 cm³/mol. The molecular weight excluding hydrogens is 307 g/mol. The summed E-state index contributed by atoms with van der Waals surface area (Å²) in [4.78, 5) is 14.8. The highest BCUT2D eigenvalue weighted by Gasteiger charge is 2.30. The molecule has 2 fully saturated rings. The number of benzene rings is 1. The fourth-order valence-corrected chi connectivity index (χ4v) is 4.19. The Morgan fingerprint density at radius 3 is 2.75 bits per heavy atom. The van der Waals surface area contributed by atoms with Crippen LogP contribution in [0.25, 0.3) is 0 Å². The predicted octanol–water partition coefficient (Wildman–Crippen LogP) is 3.45. The van der Waals surface area contributed by atoms with Gasteiger partial charge in [0.1, 0.15) is 11.6 Å². The number of hydrogen-bond donors (Lipinski definition) is 2. The lowest BCUT2D eigenvalue weighted by atomic mass is 9.96.